The molecule has 0 aromatic rings. The molecule has 84 valence electrons. The Hall–Kier alpha value is -0.0400. The van der Waals surface area contributed by atoms with Crippen molar-refractivity contribution < 1.29 is 4.74 Å². The molecule has 1 aliphatic heterocycles. The lowest BCUT2D eigenvalue weighted by Crippen LogP contribution is -2.15. The van der Waals surface area contributed by atoms with Gasteiger partial charge in [-0.3, -0.25) is 0 Å². The van der Waals surface area contributed by atoms with Gasteiger partial charge >= 0.3 is 0 Å². The topological polar surface area (TPSA) is 12.5 Å². The van der Waals surface area contributed by atoms with Gasteiger partial charge in [0.15, 0.2) is 0 Å². The Kier molecular flexibility index (Phi) is 4.00. The van der Waals surface area contributed by atoms with Crippen LogP contribution in [-0.4, -0.2) is 11.2 Å². The van der Waals surface area contributed by atoms with Crippen molar-refractivity contribution in [2.45, 2.75) is 83.8 Å². The first-order valence-electron chi connectivity index (χ1n) is 6.22. The molecule has 1 aliphatic rings. The first kappa shape index (κ1) is 12.0. The highest BCUT2D eigenvalue weighted by atomic mass is 16.6. The lowest BCUT2D eigenvalue weighted by Gasteiger charge is -2.08. The largest absolute Gasteiger partial charge is 0.363 e. The smallest absolute Gasteiger partial charge is 0.0946 e. The van der Waals surface area contributed by atoms with E-state index in [0.29, 0.717) is 0 Å². The molecule has 1 nitrogen and oxygen atoms in total. The van der Waals surface area contributed by atoms with Crippen LogP contribution in [0.15, 0.2) is 0 Å². The quantitative estimate of drug-likeness (QED) is 0.439. The van der Waals surface area contributed by atoms with Crippen molar-refractivity contribution in [3.05, 3.63) is 0 Å². The van der Waals surface area contributed by atoms with Gasteiger partial charge in [-0.05, 0) is 27.2 Å². The summed E-state index contributed by atoms with van der Waals surface area (Å²) in [6.45, 7) is 8.91. The van der Waals surface area contributed by atoms with Crippen LogP contribution < -0.4 is 0 Å². The monoisotopic (exact) mass is 198 g/mol. The molecule has 0 saturated carbocycles. The number of hydrogen-bond acceptors (Lipinski definition) is 1. The van der Waals surface area contributed by atoms with Crippen molar-refractivity contribution in [2.24, 2.45) is 0 Å². The van der Waals surface area contributed by atoms with Crippen molar-refractivity contribution in [1.82, 2.24) is 0 Å². The summed E-state index contributed by atoms with van der Waals surface area (Å²) in [6.07, 6.45) is 9.53. The van der Waals surface area contributed by atoms with Crippen molar-refractivity contribution in [3.8, 4) is 0 Å². The summed E-state index contributed by atoms with van der Waals surface area (Å²) in [6, 6.07) is 0. The number of rotatable bonds is 7. The van der Waals surface area contributed by atoms with E-state index in [-0.39, 0.29) is 11.2 Å². The summed E-state index contributed by atoms with van der Waals surface area (Å²) < 4.78 is 5.72. The zero-order valence-electron chi connectivity index (χ0n) is 10.4. The number of epoxide rings is 1. The molecule has 14 heavy (non-hydrogen) atoms. The molecule has 0 amide bonds. The third-order valence-corrected chi connectivity index (χ3v) is 3.72. The van der Waals surface area contributed by atoms with Gasteiger partial charge < -0.3 is 4.74 Å². The van der Waals surface area contributed by atoms with Gasteiger partial charge in [-0.15, -0.1) is 0 Å². The SMILES string of the molecule is CCCCCCCCC1(C)OC1(C)C. The van der Waals surface area contributed by atoms with Crippen LogP contribution in [0, 0.1) is 0 Å². The zero-order valence-corrected chi connectivity index (χ0v) is 10.4. The molecule has 1 saturated heterocycles. The van der Waals surface area contributed by atoms with E-state index in [9.17, 15) is 0 Å². The van der Waals surface area contributed by atoms with Crippen LogP contribution in [0.4, 0.5) is 0 Å². The summed E-state index contributed by atoms with van der Waals surface area (Å²) in [5, 5.41) is 0. The molecule has 0 bridgehead atoms. The maximum absolute atomic E-state index is 5.72. The Morgan fingerprint density at radius 1 is 0.857 bits per heavy atom. The third kappa shape index (κ3) is 2.98. The molecule has 0 spiro atoms. The van der Waals surface area contributed by atoms with E-state index in [2.05, 4.69) is 27.7 Å². The molecular weight excluding hydrogens is 172 g/mol. The minimum absolute atomic E-state index is 0.149. The molecule has 0 aliphatic carbocycles. The van der Waals surface area contributed by atoms with E-state index in [0.717, 1.165) is 0 Å². The van der Waals surface area contributed by atoms with Gasteiger partial charge in [0.05, 0.1) is 11.2 Å². The second-order valence-corrected chi connectivity index (χ2v) is 5.36. The fourth-order valence-electron chi connectivity index (χ4n) is 2.13. The van der Waals surface area contributed by atoms with E-state index in [1.165, 1.54) is 44.9 Å². The molecule has 0 N–H and O–H groups in total. The molecule has 1 atom stereocenters. The first-order chi connectivity index (χ1) is 6.52. The maximum Gasteiger partial charge on any atom is 0.0946 e. The molecule has 1 unspecified atom stereocenters. The lowest BCUT2D eigenvalue weighted by atomic mass is 9.92. The first-order valence-corrected chi connectivity index (χ1v) is 6.22. The Morgan fingerprint density at radius 3 is 1.86 bits per heavy atom. The highest BCUT2D eigenvalue weighted by molar-refractivity contribution is 5.07. The van der Waals surface area contributed by atoms with Crippen LogP contribution in [0.5, 0.6) is 0 Å². The van der Waals surface area contributed by atoms with Gasteiger partial charge in [0.1, 0.15) is 0 Å². The predicted molar refractivity (Wildman–Crippen MR) is 61.6 cm³/mol. The summed E-state index contributed by atoms with van der Waals surface area (Å²) >= 11 is 0. The van der Waals surface area contributed by atoms with Gasteiger partial charge in [0, 0.05) is 0 Å². The van der Waals surface area contributed by atoms with Crippen molar-refractivity contribution in [3.63, 3.8) is 0 Å². The summed E-state index contributed by atoms with van der Waals surface area (Å²) in [7, 11) is 0. The zero-order chi connectivity index (χ0) is 10.7. The van der Waals surface area contributed by atoms with E-state index >= 15 is 0 Å². The lowest BCUT2D eigenvalue weighted by molar-refractivity contribution is 0.273. The Morgan fingerprint density at radius 2 is 1.36 bits per heavy atom. The number of hydrogen-bond donors (Lipinski definition) is 0. The molecule has 0 aromatic carbocycles. The van der Waals surface area contributed by atoms with Crippen molar-refractivity contribution >= 4 is 0 Å². The maximum atomic E-state index is 5.72. The van der Waals surface area contributed by atoms with Crippen LogP contribution in [0.3, 0.4) is 0 Å². The Labute approximate surface area is 89.2 Å². The van der Waals surface area contributed by atoms with E-state index < -0.39 is 0 Å². The minimum Gasteiger partial charge on any atom is -0.363 e. The van der Waals surface area contributed by atoms with Crippen LogP contribution >= 0.6 is 0 Å². The molecule has 1 heterocycles. The van der Waals surface area contributed by atoms with Gasteiger partial charge in [-0.25, -0.2) is 0 Å². The summed E-state index contributed by atoms with van der Waals surface area (Å²) in [5.74, 6) is 0. The summed E-state index contributed by atoms with van der Waals surface area (Å²) in [5.41, 5.74) is 0.341. The summed E-state index contributed by atoms with van der Waals surface area (Å²) in [4.78, 5) is 0. The van der Waals surface area contributed by atoms with Gasteiger partial charge in [-0.2, -0.15) is 0 Å². The average molecular weight is 198 g/mol. The molecule has 1 rings (SSSR count). The fraction of sp³-hybridized carbons (Fsp3) is 1.00. The normalized spacial score (nSPS) is 29.1. The van der Waals surface area contributed by atoms with Crippen LogP contribution in [-0.2, 0) is 4.74 Å². The molecule has 0 radical (unpaired) electrons. The number of unbranched alkanes of at least 4 members (excludes halogenated alkanes) is 5. The molecule has 1 fully saturated rings. The molecule has 1 heteroatoms. The standard InChI is InChI=1S/C13H26O/c1-5-6-7-8-9-10-11-13(4)12(2,3)14-13/h5-11H2,1-4H3. The van der Waals surface area contributed by atoms with E-state index in [4.69, 9.17) is 4.74 Å². The highest BCUT2D eigenvalue weighted by Gasteiger charge is 2.58. The van der Waals surface area contributed by atoms with E-state index in [1.807, 2.05) is 0 Å². The number of ether oxygens (including phenoxy) is 1. The van der Waals surface area contributed by atoms with Crippen LogP contribution in [0.25, 0.3) is 0 Å². The van der Waals surface area contributed by atoms with Crippen LogP contribution in [0.1, 0.15) is 72.6 Å². The Balaban J connectivity index is 1.95. The van der Waals surface area contributed by atoms with Crippen molar-refractivity contribution in [2.75, 3.05) is 0 Å². The second-order valence-electron chi connectivity index (χ2n) is 5.36. The minimum atomic E-state index is 0.149. The fourth-order valence-corrected chi connectivity index (χ4v) is 2.13. The van der Waals surface area contributed by atoms with Crippen LogP contribution in [0.2, 0.25) is 0 Å². The van der Waals surface area contributed by atoms with Crippen molar-refractivity contribution in [1.29, 1.82) is 0 Å². The second kappa shape index (κ2) is 4.65. The molecular formula is C13H26O. The Bertz CT molecular complexity index is 174. The highest BCUT2D eigenvalue weighted by Crippen LogP contribution is 2.50. The van der Waals surface area contributed by atoms with Gasteiger partial charge in [0.25, 0.3) is 0 Å². The predicted octanol–water partition coefficient (Wildman–Crippen LogP) is 4.30. The van der Waals surface area contributed by atoms with Gasteiger partial charge in [-0.1, -0.05) is 45.4 Å². The van der Waals surface area contributed by atoms with E-state index in [1.54, 1.807) is 0 Å². The van der Waals surface area contributed by atoms with Gasteiger partial charge in [0.2, 0.25) is 0 Å². The third-order valence-electron chi connectivity index (χ3n) is 3.72. The molecule has 0 aromatic heterocycles. The average Bonchev–Trinajstić information content (AvgIpc) is 2.59.